The fourth-order valence-corrected chi connectivity index (χ4v) is 4.41. The number of hydrogen-bond donors (Lipinski definition) is 0. The monoisotopic (exact) mass is 398 g/mol. The van der Waals surface area contributed by atoms with Crippen LogP contribution in [0.4, 0.5) is 5.82 Å². The maximum Gasteiger partial charge on any atom is 0.148 e. The molecule has 30 heavy (non-hydrogen) atoms. The van der Waals surface area contributed by atoms with Crippen LogP contribution in [0.25, 0.3) is 28.0 Å². The molecule has 0 unspecified atom stereocenters. The van der Waals surface area contributed by atoms with Crippen molar-refractivity contribution in [3.8, 4) is 22.8 Å². The van der Waals surface area contributed by atoms with Gasteiger partial charge < -0.3 is 14.4 Å². The summed E-state index contributed by atoms with van der Waals surface area (Å²) in [4.78, 5) is 12.1. The summed E-state index contributed by atoms with van der Waals surface area (Å²) in [5, 5.41) is 1.11. The van der Waals surface area contributed by atoms with Crippen molar-refractivity contribution in [1.29, 1.82) is 0 Å². The molecule has 0 saturated carbocycles. The molecule has 0 spiro atoms. The topological polar surface area (TPSA) is 52.4 Å². The van der Waals surface area contributed by atoms with E-state index >= 15 is 0 Å². The van der Waals surface area contributed by atoms with E-state index in [1.165, 1.54) is 5.56 Å². The van der Waals surface area contributed by atoms with Gasteiger partial charge in [-0.15, -0.1) is 0 Å². The Kier molecular flexibility index (Phi) is 4.16. The molecule has 4 heterocycles. The highest BCUT2D eigenvalue weighted by Crippen LogP contribution is 2.36. The van der Waals surface area contributed by atoms with Gasteiger partial charge in [0.25, 0.3) is 0 Å². The van der Waals surface area contributed by atoms with Crippen LogP contribution in [0.1, 0.15) is 5.56 Å². The first kappa shape index (κ1) is 17.5. The number of morpholine rings is 1. The summed E-state index contributed by atoms with van der Waals surface area (Å²) in [6.45, 7) is 3.81. The summed E-state index contributed by atoms with van der Waals surface area (Å²) in [6.07, 6.45) is 4.81. The van der Waals surface area contributed by atoms with Crippen LogP contribution in [-0.2, 0) is 11.2 Å². The van der Waals surface area contributed by atoms with Crippen LogP contribution in [0.5, 0.6) is 5.75 Å². The maximum atomic E-state index is 5.79. The number of imidazole rings is 1. The zero-order valence-electron chi connectivity index (χ0n) is 16.6. The number of nitrogens with zero attached hydrogens (tertiary/aromatic N) is 4. The second-order valence-corrected chi connectivity index (χ2v) is 7.62. The number of aromatic nitrogens is 3. The molecular formula is C24H22N4O2. The molecule has 2 aromatic carbocycles. The van der Waals surface area contributed by atoms with Crippen LogP contribution in [0.2, 0.25) is 0 Å². The minimum absolute atomic E-state index is 0.714. The van der Waals surface area contributed by atoms with Gasteiger partial charge >= 0.3 is 0 Å². The molecular weight excluding hydrogens is 376 g/mol. The van der Waals surface area contributed by atoms with Crippen molar-refractivity contribution >= 4 is 16.7 Å². The van der Waals surface area contributed by atoms with Gasteiger partial charge in [0.2, 0.25) is 0 Å². The average Bonchev–Trinajstić information content (AvgIpc) is 3.48. The summed E-state index contributed by atoms with van der Waals surface area (Å²) in [7, 11) is 0. The van der Waals surface area contributed by atoms with E-state index in [4.69, 9.17) is 19.4 Å². The number of rotatable bonds is 3. The van der Waals surface area contributed by atoms with Crippen LogP contribution < -0.4 is 9.64 Å². The molecule has 0 atom stereocenters. The van der Waals surface area contributed by atoms with Crippen molar-refractivity contribution in [2.24, 2.45) is 0 Å². The highest BCUT2D eigenvalue weighted by atomic mass is 16.5. The molecule has 0 N–H and O–H groups in total. The lowest BCUT2D eigenvalue weighted by Crippen LogP contribution is -2.37. The van der Waals surface area contributed by atoms with Crippen molar-refractivity contribution < 1.29 is 9.47 Å². The Labute approximate surface area is 174 Å². The zero-order chi connectivity index (χ0) is 19.9. The van der Waals surface area contributed by atoms with Gasteiger partial charge in [-0.2, -0.15) is 0 Å². The number of benzene rings is 2. The van der Waals surface area contributed by atoms with Crippen LogP contribution in [0.3, 0.4) is 0 Å². The Hall–Kier alpha value is -3.38. The molecule has 0 aliphatic carbocycles. The summed E-state index contributed by atoms with van der Waals surface area (Å²) in [5.41, 5.74) is 4.39. The average molecular weight is 398 g/mol. The minimum Gasteiger partial charge on any atom is -0.493 e. The molecule has 1 fully saturated rings. The van der Waals surface area contributed by atoms with E-state index in [2.05, 4.69) is 39.8 Å². The highest BCUT2D eigenvalue weighted by molar-refractivity contribution is 5.88. The summed E-state index contributed by atoms with van der Waals surface area (Å²) >= 11 is 0. The normalized spacial score (nSPS) is 15.9. The number of para-hydroxylation sites is 1. The predicted octanol–water partition coefficient (Wildman–Crippen LogP) is 3.86. The number of ether oxygens (including phenoxy) is 2. The Morgan fingerprint density at radius 1 is 0.933 bits per heavy atom. The third kappa shape index (κ3) is 2.83. The lowest BCUT2D eigenvalue weighted by molar-refractivity contribution is 0.122. The van der Waals surface area contributed by atoms with E-state index in [1.54, 1.807) is 0 Å². The Morgan fingerprint density at radius 3 is 2.77 bits per heavy atom. The lowest BCUT2D eigenvalue weighted by Gasteiger charge is -2.29. The third-order valence-corrected chi connectivity index (χ3v) is 5.87. The van der Waals surface area contributed by atoms with E-state index in [-0.39, 0.29) is 0 Å². The highest BCUT2D eigenvalue weighted by Gasteiger charge is 2.23. The maximum absolute atomic E-state index is 5.79. The summed E-state index contributed by atoms with van der Waals surface area (Å²) < 4.78 is 13.5. The molecule has 1 saturated heterocycles. The summed E-state index contributed by atoms with van der Waals surface area (Å²) in [6, 6.07) is 16.7. The number of fused-ring (bicyclic) bond motifs is 2. The van der Waals surface area contributed by atoms with Crippen molar-refractivity contribution in [2.45, 2.75) is 6.42 Å². The van der Waals surface area contributed by atoms with Crippen molar-refractivity contribution in [1.82, 2.24) is 14.5 Å². The molecule has 4 aromatic rings. The molecule has 6 rings (SSSR count). The predicted molar refractivity (Wildman–Crippen MR) is 117 cm³/mol. The van der Waals surface area contributed by atoms with Crippen molar-refractivity contribution in [3.63, 3.8) is 0 Å². The van der Waals surface area contributed by atoms with Crippen LogP contribution in [0.15, 0.2) is 60.9 Å². The van der Waals surface area contributed by atoms with Crippen LogP contribution in [0, 0.1) is 0 Å². The number of hydrogen-bond acceptors (Lipinski definition) is 5. The first-order valence-corrected chi connectivity index (χ1v) is 10.4. The fraction of sp³-hybridized carbons (Fsp3) is 0.250. The van der Waals surface area contributed by atoms with Gasteiger partial charge in [-0.05, 0) is 24.3 Å². The van der Waals surface area contributed by atoms with Gasteiger partial charge in [-0.3, -0.25) is 4.57 Å². The van der Waals surface area contributed by atoms with E-state index in [1.807, 2.05) is 30.6 Å². The van der Waals surface area contributed by atoms with Crippen molar-refractivity contribution in [3.05, 3.63) is 66.5 Å². The smallest absolute Gasteiger partial charge is 0.148 e. The molecule has 2 aliphatic heterocycles. The Balaban J connectivity index is 1.56. The second kappa shape index (κ2) is 7.15. The molecule has 0 bridgehead atoms. The third-order valence-electron chi connectivity index (χ3n) is 5.87. The van der Waals surface area contributed by atoms with Crippen LogP contribution >= 0.6 is 0 Å². The van der Waals surface area contributed by atoms with E-state index in [0.29, 0.717) is 13.2 Å². The first-order valence-electron chi connectivity index (χ1n) is 10.4. The van der Waals surface area contributed by atoms with E-state index in [0.717, 1.165) is 65.7 Å². The number of pyridine rings is 1. The number of anilines is 1. The molecule has 150 valence electrons. The standard InChI is InChI=1S/C24H22N4O2/c1-2-5-20-17(4-1)16-19(24(26-20)27-11-14-29-15-12-27)23-25-9-10-28(23)21-6-3-7-22-18(21)8-13-30-22/h1-7,9-10,16H,8,11-15H2. The molecule has 2 aromatic heterocycles. The van der Waals surface area contributed by atoms with Gasteiger partial charge in [0, 0.05) is 42.9 Å². The van der Waals surface area contributed by atoms with E-state index in [9.17, 15) is 0 Å². The molecule has 2 aliphatic rings. The van der Waals surface area contributed by atoms with E-state index < -0.39 is 0 Å². The second-order valence-electron chi connectivity index (χ2n) is 7.62. The Bertz CT molecular complexity index is 1230. The van der Waals surface area contributed by atoms with Gasteiger partial charge in [0.1, 0.15) is 17.4 Å². The lowest BCUT2D eigenvalue weighted by atomic mass is 10.1. The quantitative estimate of drug-likeness (QED) is 0.525. The van der Waals surface area contributed by atoms with Gasteiger partial charge in [0.05, 0.1) is 36.6 Å². The minimum atomic E-state index is 0.714. The van der Waals surface area contributed by atoms with Gasteiger partial charge in [-0.1, -0.05) is 24.3 Å². The first-order chi connectivity index (χ1) is 14.9. The van der Waals surface area contributed by atoms with Crippen molar-refractivity contribution in [2.75, 3.05) is 37.8 Å². The SMILES string of the molecule is c1cc2c(c(-n3ccnc3-c3cc4ccccc4nc3N3CCOCC3)c1)CCO2. The summed E-state index contributed by atoms with van der Waals surface area (Å²) in [5.74, 6) is 2.83. The largest absolute Gasteiger partial charge is 0.493 e. The molecule has 6 heteroatoms. The van der Waals surface area contributed by atoms with Gasteiger partial charge in [0.15, 0.2) is 0 Å². The van der Waals surface area contributed by atoms with Gasteiger partial charge in [-0.25, -0.2) is 9.97 Å². The van der Waals surface area contributed by atoms with Crippen LogP contribution in [-0.4, -0.2) is 47.4 Å². The zero-order valence-corrected chi connectivity index (χ0v) is 16.6. The molecule has 6 nitrogen and oxygen atoms in total. The molecule has 0 amide bonds. The molecule has 0 radical (unpaired) electrons. The fourth-order valence-electron chi connectivity index (χ4n) is 4.41. The Morgan fingerprint density at radius 2 is 1.83 bits per heavy atom.